The van der Waals surface area contributed by atoms with Gasteiger partial charge < -0.3 is 10.6 Å². The van der Waals surface area contributed by atoms with Crippen molar-refractivity contribution >= 4 is 11.6 Å². The van der Waals surface area contributed by atoms with E-state index in [1.807, 2.05) is 38.2 Å². The Balaban J connectivity index is 2.00. The van der Waals surface area contributed by atoms with Gasteiger partial charge in [-0.25, -0.2) is 0 Å². The van der Waals surface area contributed by atoms with Crippen molar-refractivity contribution in [2.75, 3.05) is 11.9 Å². The zero-order valence-corrected chi connectivity index (χ0v) is 12.8. The molecule has 2 aromatic rings. The topological polar surface area (TPSA) is 59.0 Å². The molecule has 0 radical (unpaired) electrons. The van der Waals surface area contributed by atoms with Gasteiger partial charge in [-0.05, 0) is 43.2 Å². The van der Waals surface area contributed by atoms with Crippen LogP contribution in [0.5, 0.6) is 0 Å². The summed E-state index contributed by atoms with van der Waals surface area (Å²) in [5.41, 5.74) is 3.71. The summed E-state index contributed by atoms with van der Waals surface area (Å²) in [6, 6.07) is 7.72. The molecule has 0 atom stereocenters. The van der Waals surface area contributed by atoms with E-state index in [2.05, 4.69) is 22.7 Å². The minimum Gasteiger partial charge on any atom is -0.385 e. The van der Waals surface area contributed by atoms with Crippen LogP contribution in [0, 0.1) is 6.92 Å². The van der Waals surface area contributed by atoms with E-state index in [-0.39, 0.29) is 5.91 Å². The van der Waals surface area contributed by atoms with Crippen molar-refractivity contribution in [3.8, 4) is 0 Å². The molecule has 2 rings (SSSR count). The lowest BCUT2D eigenvalue weighted by Crippen LogP contribution is -2.24. The van der Waals surface area contributed by atoms with Crippen LogP contribution in [0.4, 0.5) is 5.69 Å². The van der Waals surface area contributed by atoms with Crippen LogP contribution >= 0.6 is 0 Å². The number of rotatable bonds is 6. The number of benzene rings is 1. The fraction of sp³-hybridized carbons (Fsp3) is 0.375. The molecule has 112 valence electrons. The Hall–Kier alpha value is -2.30. The molecule has 0 aliphatic carbocycles. The largest absolute Gasteiger partial charge is 0.385 e. The van der Waals surface area contributed by atoms with E-state index in [0.717, 1.165) is 29.9 Å². The van der Waals surface area contributed by atoms with Gasteiger partial charge in [0.15, 0.2) is 0 Å². The van der Waals surface area contributed by atoms with Crippen LogP contribution in [-0.2, 0) is 13.6 Å². The number of anilines is 1. The maximum Gasteiger partial charge on any atom is 0.251 e. The Morgan fingerprint density at radius 1 is 1.33 bits per heavy atom. The minimum atomic E-state index is -0.0595. The summed E-state index contributed by atoms with van der Waals surface area (Å²) in [4.78, 5) is 12.2. The van der Waals surface area contributed by atoms with Gasteiger partial charge in [-0.1, -0.05) is 6.92 Å². The molecular formula is C16H22N4O. The van der Waals surface area contributed by atoms with Gasteiger partial charge in [0.2, 0.25) is 0 Å². The third-order valence-corrected chi connectivity index (χ3v) is 3.40. The molecular weight excluding hydrogens is 264 g/mol. The van der Waals surface area contributed by atoms with E-state index in [9.17, 15) is 4.79 Å². The van der Waals surface area contributed by atoms with Gasteiger partial charge in [0, 0.05) is 31.0 Å². The van der Waals surface area contributed by atoms with Crippen molar-refractivity contribution in [3.05, 3.63) is 47.3 Å². The highest BCUT2D eigenvalue weighted by Gasteiger charge is 2.10. The van der Waals surface area contributed by atoms with Crippen molar-refractivity contribution in [2.24, 2.45) is 7.05 Å². The Bertz CT molecular complexity index is 618. The van der Waals surface area contributed by atoms with Crippen molar-refractivity contribution in [2.45, 2.75) is 26.8 Å². The van der Waals surface area contributed by atoms with Crippen molar-refractivity contribution in [3.63, 3.8) is 0 Å². The molecule has 1 heterocycles. The molecule has 0 spiro atoms. The normalized spacial score (nSPS) is 10.4. The highest BCUT2D eigenvalue weighted by molar-refractivity contribution is 5.96. The second-order valence-corrected chi connectivity index (χ2v) is 5.09. The first-order chi connectivity index (χ1) is 10.1. The van der Waals surface area contributed by atoms with E-state index in [4.69, 9.17) is 0 Å². The SMILES string of the molecule is CCCNc1ccc(C(=O)NCc2ccnn2C)c(C)c1. The number of aryl methyl sites for hydroxylation is 2. The molecule has 2 N–H and O–H groups in total. The van der Waals surface area contributed by atoms with Crippen LogP contribution in [0.3, 0.4) is 0 Å². The Morgan fingerprint density at radius 2 is 2.14 bits per heavy atom. The highest BCUT2D eigenvalue weighted by atomic mass is 16.1. The summed E-state index contributed by atoms with van der Waals surface area (Å²) < 4.78 is 1.75. The molecule has 0 bridgehead atoms. The maximum atomic E-state index is 12.2. The summed E-state index contributed by atoms with van der Waals surface area (Å²) in [7, 11) is 1.86. The third kappa shape index (κ3) is 3.84. The van der Waals surface area contributed by atoms with E-state index >= 15 is 0 Å². The number of carbonyl (C=O) groups excluding carboxylic acids is 1. The first-order valence-corrected chi connectivity index (χ1v) is 7.21. The second kappa shape index (κ2) is 6.92. The maximum absolute atomic E-state index is 12.2. The molecule has 5 nitrogen and oxygen atoms in total. The molecule has 0 saturated carbocycles. The zero-order chi connectivity index (χ0) is 15.2. The number of nitrogens with zero attached hydrogens (tertiary/aromatic N) is 2. The number of nitrogens with one attached hydrogen (secondary N) is 2. The Labute approximate surface area is 125 Å². The van der Waals surface area contributed by atoms with Crippen LogP contribution in [0.1, 0.15) is 35.0 Å². The predicted octanol–water partition coefficient (Wildman–Crippen LogP) is 2.48. The summed E-state index contributed by atoms with van der Waals surface area (Å²) in [5, 5.41) is 10.3. The summed E-state index contributed by atoms with van der Waals surface area (Å²) in [5.74, 6) is -0.0595. The number of carbonyl (C=O) groups is 1. The average molecular weight is 286 g/mol. The lowest BCUT2D eigenvalue weighted by Gasteiger charge is -2.11. The zero-order valence-electron chi connectivity index (χ0n) is 12.8. The molecule has 0 saturated heterocycles. The lowest BCUT2D eigenvalue weighted by molar-refractivity contribution is 0.0949. The number of hydrogen-bond donors (Lipinski definition) is 2. The van der Waals surface area contributed by atoms with Crippen molar-refractivity contribution in [1.82, 2.24) is 15.1 Å². The van der Waals surface area contributed by atoms with E-state index in [0.29, 0.717) is 12.1 Å². The summed E-state index contributed by atoms with van der Waals surface area (Å²) in [6.45, 7) is 5.49. The molecule has 0 unspecified atom stereocenters. The average Bonchev–Trinajstić information content (AvgIpc) is 2.88. The van der Waals surface area contributed by atoms with Gasteiger partial charge in [-0.3, -0.25) is 9.48 Å². The quantitative estimate of drug-likeness (QED) is 0.857. The van der Waals surface area contributed by atoms with Gasteiger partial charge >= 0.3 is 0 Å². The van der Waals surface area contributed by atoms with Gasteiger partial charge in [0.1, 0.15) is 0 Å². The Morgan fingerprint density at radius 3 is 2.76 bits per heavy atom. The van der Waals surface area contributed by atoms with Crippen molar-refractivity contribution < 1.29 is 4.79 Å². The smallest absolute Gasteiger partial charge is 0.251 e. The van der Waals surface area contributed by atoms with E-state index in [1.165, 1.54) is 0 Å². The van der Waals surface area contributed by atoms with Gasteiger partial charge in [-0.15, -0.1) is 0 Å². The molecule has 1 amide bonds. The van der Waals surface area contributed by atoms with E-state index < -0.39 is 0 Å². The molecule has 0 aliphatic heterocycles. The van der Waals surface area contributed by atoms with Gasteiger partial charge in [0.05, 0.1) is 12.2 Å². The first-order valence-electron chi connectivity index (χ1n) is 7.21. The van der Waals surface area contributed by atoms with Crippen LogP contribution < -0.4 is 10.6 Å². The number of aromatic nitrogens is 2. The van der Waals surface area contributed by atoms with E-state index in [1.54, 1.807) is 10.9 Å². The number of amides is 1. The fourth-order valence-electron chi connectivity index (χ4n) is 2.14. The van der Waals surface area contributed by atoms with Crippen LogP contribution in [0.2, 0.25) is 0 Å². The van der Waals surface area contributed by atoms with Gasteiger partial charge in [0.25, 0.3) is 5.91 Å². The molecule has 21 heavy (non-hydrogen) atoms. The van der Waals surface area contributed by atoms with Crippen LogP contribution in [-0.4, -0.2) is 22.2 Å². The third-order valence-electron chi connectivity index (χ3n) is 3.40. The first kappa shape index (κ1) is 15.1. The Kier molecular flexibility index (Phi) is 4.98. The highest BCUT2D eigenvalue weighted by Crippen LogP contribution is 2.15. The summed E-state index contributed by atoms with van der Waals surface area (Å²) in [6.07, 6.45) is 2.80. The van der Waals surface area contributed by atoms with Crippen molar-refractivity contribution in [1.29, 1.82) is 0 Å². The second-order valence-electron chi connectivity index (χ2n) is 5.09. The fourth-order valence-corrected chi connectivity index (χ4v) is 2.14. The molecule has 0 aliphatic rings. The molecule has 1 aromatic heterocycles. The monoisotopic (exact) mass is 286 g/mol. The standard InChI is InChI=1S/C16H22N4O/c1-4-8-17-13-5-6-15(12(2)10-13)16(21)18-11-14-7-9-19-20(14)3/h5-7,9-10,17H,4,8,11H2,1-3H3,(H,18,21). The predicted molar refractivity (Wildman–Crippen MR) is 84.3 cm³/mol. The number of hydrogen-bond acceptors (Lipinski definition) is 3. The van der Waals surface area contributed by atoms with Crippen LogP contribution in [0.15, 0.2) is 30.5 Å². The molecule has 0 fully saturated rings. The van der Waals surface area contributed by atoms with Gasteiger partial charge in [-0.2, -0.15) is 5.10 Å². The minimum absolute atomic E-state index is 0.0595. The molecule has 5 heteroatoms. The van der Waals surface area contributed by atoms with Crippen LogP contribution in [0.25, 0.3) is 0 Å². The molecule has 1 aromatic carbocycles. The summed E-state index contributed by atoms with van der Waals surface area (Å²) >= 11 is 0. The lowest BCUT2D eigenvalue weighted by atomic mass is 10.1.